The van der Waals surface area contributed by atoms with Crippen molar-refractivity contribution in [3.05, 3.63) is 29.6 Å². The van der Waals surface area contributed by atoms with Crippen molar-refractivity contribution in [3.8, 4) is 6.07 Å². The fourth-order valence-electron chi connectivity index (χ4n) is 1.99. The summed E-state index contributed by atoms with van der Waals surface area (Å²) in [6.45, 7) is 2.53. The van der Waals surface area contributed by atoms with Crippen molar-refractivity contribution >= 4 is 5.91 Å². The number of hydrogen-bond donors (Lipinski definition) is 0. The number of rotatable bonds is 1. The number of aromatic nitrogens is 1. The molecule has 4 nitrogen and oxygen atoms in total. The third-order valence-corrected chi connectivity index (χ3v) is 2.81. The summed E-state index contributed by atoms with van der Waals surface area (Å²) < 4.78 is 0. The summed E-state index contributed by atoms with van der Waals surface area (Å²) in [6.07, 6.45) is 3.32. The van der Waals surface area contributed by atoms with Gasteiger partial charge in [0.15, 0.2) is 0 Å². The summed E-state index contributed by atoms with van der Waals surface area (Å²) in [5.74, 6) is -0.0606. The molecule has 1 aliphatic rings. The van der Waals surface area contributed by atoms with Crippen LogP contribution >= 0.6 is 0 Å². The van der Waals surface area contributed by atoms with Gasteiger partial charge in [-0.1, -0.05) is 0 Å². The quantitative estimate of drug-likeness (QED) is 0.713. The van der Waals surface area contributed by atoms with E-state index in [9.17, 15) is 4.79 Å². The molecule has 0 bridgehead atoms. The van der Waals surface area contributed by atoms with Crippen LogP contribution in [0.15, 0.2) is 18.3 Å². The number of pyridine rings is 1. The molecule has 0 aliphatic carbocycles. The second-order valence-electron chi connectivity index (χ2n) is 3.97. The molecule has 4 heteroatoms. The number of aryl methyl sites for hydroxylation is 1. The van der Waals surface area contributed by atoms with E-state index in [0.29, 0.717) is 12.1 Å². The van der Waals surface area contributed by atoms with E-state index in [2.05, 4.69) is 11.1 Å². The van der Waals surface area contributed by atoms with Crippen LogP contribution in [0.4, 0.5) is 0 Å². The lowest BCUT2D eigenvalue weighted by Gasteiger charge is -2.19. The molecular formula is C12H13N3O. The van der Waals surface area contributed by atoms with Crippen LogP contribution in [0.2, 0.25) is 0 Å². The zero-order valence-electron chi connectivity index (χ0n) is 9.18. The number of carbonyl (C=O) groups excluding carboxylic acids is 1. The van der Waals surface area contributed by atoms with Crippen molar-refractivity contribution in [1.29, 1.82) is 5.26 Å². The fraction of sp³-hybridized carbons (Fsp3) is 0.417. The van der Waals surface area contributed by atoms with E-state index in [4.69, 9.17) is 5.26 Å². The van der Waals surface area contributed by atoms with Crippen molar-refractivity contribution < 1.29 is 4.79 Å². The Hall–Kier alpha value is -1.89. The molecule has 16 heavy (non-hydrogen) atoms. The van der Waals surface area contributed by atoms with Gasteiger partial charge in [-0.15, -0.1) is 0 Å². The SMILES string of the molecule is Cc1cc(C(=O)N2CCCC2C#N)ccn1. The molecule has 0 saturated carbocycles. The van der Waals surface area contributed by atoms with Crippen molar-refractivity contribution in [2.75, 3.05) is 6.54 Å². The van der Waals surface area contributed by atoms with Gasteiger partial charge in [0.1, 0.15) is 6.04 Å². The Morgan fingerprint density at radius 3 is 3.19 bits per heavy atom. The van der Waals surface area contributed by atoms with Crippen molar-refractivity contribution in [3.63, 3.8) is 0 Å². The van der Waals surface area contributed by atoms with Gasteiger partial charge in [0, 0.05) is 24.0 Å². The molecule has 2 rings (SSSR count). The summed E-state index contributed by atoms with van der Waals surface area (Å²) in [5.41, 5.74) is 1.44. The molecule has 1 aromatic heterocycles. The number of hydrogen-bond acceptors (Lipinski definition) is 3. The zero-order valence-corrected chi connectivity index (χ0v) is 9.18. The molecule has 0 aromatic carbocycles. The Labute approximate surface area is 94.5 Å². The molecule has 1 aliphatic heterocycles. The molecule has 1 aromatic rings. The monoisotopic (exact) mass is 215 g/mol. The Balaban J connectivity index is 2.23. The normalized spacial score (nSPS) is 19.5. The summed E-state index contributed by atoms with van der Waals surface area (Å²) in [7, 11) is 0. The summed E-state index contributed by atoms with van der Waals surface area (Å²) in [4.78, 5) is 17.8. The maximum atomic E-state index is 12.1. The highest BCUT2D eigenvalue weighted by molar-refractivity contribution is 5.94. The minimum Gasteiger partial charge on any atom is -0.323 e. The van der Waals surface area contributed by atoms with Gasteiger partial charge in [0.2, 0.25) is 0 Å². The maximum absolute atomic E-state index is 12.1. The Morgan fingerprint density at radius 1 is 1.69 bits per heavy atom. The number of carbonyl (C=O) groups is 1. The van der Waals surface area contributed by atoms with Gasteiger partial charge in [0.05, 0.1) is 6.07 Å². The second-order valence-corrected chi connectivity index (χ2v) is 3.97. The van der Waals surface area contributed by atoms with E-state index >= 15 is 0 Å². The van der Waals surface area contributed by atoms with Gasteiger partial charge >= 0.3 is 0 Å². The highest BCUT2D eigenvalue weighted by Gasteiger charge is 2.29. The van der Waals surface area contributed by atoms with Crippen LogP contribution in [0, 0.1) is 18.3 Å². The number of nitriles is 1. The number of nitrogens with zero attached hydrogens (tertiary/aromatic N) is 3. The van der Waals surface area contributed by atoms with E-state index in [-0.39, 0.29) is 11.9 Å². The first-order valence-corrected chi connectivity index (χ1v) is 5.35. The van der Waals surface area contributed by atoms with Crippen LogP contribution in [0.1, 0.15) is 28.9 Å². The second kappa shape index (κ2) is 4.31. The van der Waals surface area contributed by atoms with Crippen molar-refractivity contribution in [1.82, 2.24) is 9.88 Å². The molecule has 1 saturated heterocycles. The third kappa shape index (κ3) is 1.89. The van der Waals surface area contributed by atoms with Crippen LogP contribution in [0.5, 0.6) is 0 Å². The van der Waals surface area contributed by atoms with E-state index in [1.807, 2.05) is 6.92 Å². The molecule has 0 radical (unpaired) electrons. The predicted octanol–water partition coefficient (Wildman–Crippen LogP) is 1.52. The van der Waals surface area contributed by atoms with Gasteiger partial charge < -0.3 is 4.90 Å². The summed E-state index contributed by atoms with van der Waals surface area (Å²) >= 11 is 0. The molecule has 82 valence electrons. The van der Waals surface area contributed by atoms with E-state index < -0.39 is 0 Å². The average molecular weight is 215 g/mol. The van der Waals surface area contributed by atoms with Crippen molar-refractivity contribution in [2.45, 2.75) is 25.8 Å². The van der Waals surface area contributed by atoms with Gasteiger partial charge in [-0.3, -0.25) is 9.78 Å². The molecule has 1 unspecified atom stereocenters. The van der Waals surface area contributed by atoms with Crippen LogP contribution in [0.3, 0.4) is 0 Å². The molecule has 0 spiro atoms. The van der Waals surface area contributed by atoms with E-state index in [1.54, 1.807) is 23.2 Å². The molecule has 2 heterocycles. The van der Waals surface area contributed by atoms with Gasteiger partial charge in [0.25, 0.3) is 5.91 Å². The van der Waals surface area contributed by atoms with E-state index in [0.717, 1.165) is 18.5 Å². The third-order valence-electron chi connectivity index (χ3n) is 2.81. The van der Waals surface area contributed by atoms with Gasteiger partial charge in [-0.25, -0.2) is 0 Å². The molecule has 1 fully saturated rings. The Kier molecular flexibility index (Phi) is 2.86. The van der Waals surface area contributed by atoms with Crippen LogP contribution in [0.25, 0.3) is 0 Å². The average Bonchev–Trinajstić information content (AvgIpc) is 2.76. The van der Waals surface area contributed by atoms with E-state index in [1.165, 1.54) is 0 Å². The predicted molar refractivity (Wildman–Crippen MR) is 58.6 cm³/mol. The maximum Gasteiger partial charge on any atom is 0.255 e. The van der Waals surface area contributed by atoms with Gasteiger partial charge in [-0.05, 0) is 31.9 Å². The number of amides is 1. The lowest BCUT2D eigenvalue weighted by molar-refractivity contribution is 0.0764. The largest absolute Gasteiger partial charge is 0.323 e. The topological polar surface area (TPSA) is 57.0 Å². The lowest BCUT2D eigenvalue weighted by atomic mass is 10.2. The Bertz CT molecular complexity index is 450. The first-order chi connectivity index (χ1) is 7.72. The molecule has 1 atom stereocenters. The standard InChI is InChI=1S/C12H13N3O/c1-9-7-10(4-5-14-9)12(16)15-6-2-3-11(15)8-13/h4-5,7,11H,2-3,6H2,1H3. The molecular weight excluding hydrogens is 202 g/mol. The first-order valence-electron chi connectivity index (χ1n) is 5.35. The summed E-state index contributed by atoms with van der Waals surface area (Å²) in [6, 6.07) is 5.36. The smallest absolute Gasteiger partial charge is 0.255 e. The minimum absolute atomic E-state index is 0.0606. The van der Waals surface area contributed by atoms with Crippen LogP contribution in [-0.2, 0) is 0 Å². The fourth-order valence-corrected chi connectivity index (χ4v) is 1.99. The van der Waals surface area contributed by atoms with Crippen molar-refractivity contribution in [2.24, 2.45) is 0 Å². The highest BCUT2D eigenvalue weighted by atomic mass is 16.2. The van der Waals surface area contributed by atoms with Crippen LogP contribution in [-0.4, -0.2) is 28.4 Å². The number of likely N-dealkylation sites (tertiary alicyclic amines) is 1. The summed E-state index contributed by atoms with van der Waals surface area (Å²) in [5, 5.41) is 8.93. The minimum atomic E-state index is -0.263. The highest BCUT2D eigenvalue weighted by Crippen LogP contribution is 2.19. The van der Waals surface area contributed by atoms with Gasteiger partial charge in [-0.2, -0.15) is 5.26 Å². The zero-order chi connectivity index (χ0) is 11.5. The lowest BCUT2D eigenvalue weighted by Crippen LogP contribution is -2.34. The Morgan fingerprint density at radius 2 is 2.50 bits per heavy atom. The molecule has 0 N–H and O–H groups in total. The van der Waals surface area contributed by atoms with Crippen LogP contribution < -0.4 is 0 Å². The first kappa shape index (κ1) is 10.6. The molecule has 1 amide bonds.